The molecule has 2 rings (SSSR count). The molecule has 1 heterocycles. The molecule has 6 nitrogen and oxygen atoms in total. The summed E-state index contributed by atoms with van der Waals surface area (Å²) in [5, 5.41) is 15.7. The third-order valence-corrected chi connectivity index (χ3v) is 4.24. The number of nitrogens with one attached hydrogen (secondary N) is 1. The van der Waals surface area contributed by atoms with E-state index in [-0.39, 0.29) is 6.04 Å². The van der Waals surface area contributed by atoms with Gasteiger partial charge in [0, 0.05) is 13.7 Å². The summed E-state index contributed by atoms with van der Waals surface area (Å²) >= 11 is 0. The molecule has 1 saturated carbocycles. The van der Waals surface area contributed by atoms with Crippen molar-refractivity contribution in [2.75, 3.05) is 20.3 Å². The van der Waals surface area contributed by atoms with E-state index in [0.29, 0.717) is 12.6 Å². The van der Waals surface area contributed by atoms with Crippen LogP contribution in [0.25, 0.3) is 0 Å². The predicted octanol–water partition coefficient (Wildman–Crippen LogP) is 2.11. The normalized spacial score (nSPS) is 25.4. The SMILES string of the molecule is COCCNC(C)c1nnnn1C1CCCC(C)CC1. The molecular weight excluding hydrogens is 254 g/mol. The van der Waals surface area contributed by atoms with Crippen molar-refractivity contribution in [2.45, 2.75) is 58.0 Å². The smallest absolute Gasteiger partial charge is 0.168 e. The third-order valence-electron chi connectivity index (χ3n) is 4.24. The van der Waals surface area contributed by atoms with Gasteiger partial charge >= 0.3 is 0 Å². The lowest BCUT2D eigenvalue weighted by Crippen LogP contribution is -2.27. The Kier molecular flexibility index (Phi) is 5.91. The van der Waals surface area contributed by atoms with Gasteiger partial charge in [-0.1, -0.05) is 19.8 Å². The number of aromatic nitrogens is 4. The highest BCUT2D eigenvalue weighted by Gasteiger charge is 2.23. The first-order valence-corrected chi connectivity index (χ1v) is 7.72. The second-order valence-electron chi connectivity index (χ2n) is 5.92. The summed E-state index contributed by atoms with van der Waals surface area (Å²) in [5.74, 6) is 1.78. The number of rotatable bonds is 6. The third kappa shape index (κ3) is 3.99. The molecule has 114 valence electrons. The topological polar surface area (TPSA) is 64.9 Å². The van der Waals surface area contributed by atoms with Gasteiger partial charge in [0.15, 0.2) is 5.82 Å². The predicted molar refractivity (Wildman–Crippen MR) is 77.4 cm³/mol. The van der Waals surface area contributed by atoms with E-state index in [4.69, 9.17) is 4.74 Å². The highest BCUT2D eigenvalue weighted by molar-refractivity contribution is 4.92. The van der Waals surface area contributed by atoms with Crippen LogP contribution < -0.4 is 5.32 Å². The van der Waals surface area contributed by atoms with Gasteiger partial charge in [-0.3, -0.25) is 0 Å². The molecule has 0 radical (unpaired) electrons. The summed E-state index contributed by atoms with van der Waals surface area (Å²) in [5.41, 5.74) is 0. The Morgan fingerprint density at radius 1 is 1.35 bits per heavy atom. The lowest BCUT2D eigenvalue weighted by atomic mass is 10.0. The van der Waals surface area contributed by atoms with Crippen LogP contribution in [0.5, 0.6) is 0 Å². The molecule has 6 heteroatoms. The van der Waals surface area contributed by atoms with E-state index < -0.39 is 0 Å². The number of tetrazole rings is 1. The van der Waals surface area contributed by atoms with Crippen LogP contribution in [-0.4, -0.2) is 40.5 Å². The summed E-state index contributed by atoms with van der Waals surface area (Å²) in [6, 6.07) is 0.609. The van der Waals surface area contributed by atoms with Gasteiger partial charge in [-0.2, -0.15) is 0 Å². The molecule has 1 fully saturated rings. The zero-order chi connectivity index (χ0) is 14.4. The minimum Gasteiger partial charge on any atom is -0.383 e. The fourth-order valence-corrected chi connectivity index (χ4v) is 2.93. The Bertz CT molecular complexity index is 395. The van der Waals surface area contributed by atoms with Gasteiger partial charge in [-0.05, 0) is 42.5 Å². The number of ether oxygens (including phenoxy) is 1. The van der Waals surface area contributed by atoms with Crippen molar-refractivity contribution < 1.29 is 4.74 Å². The first-order chi connectivity index (χ1) is 9.72. The van der Waals surface area contributed by atoms with Gasteiger partial charge < -0.3 is 10.1 Å². The molecule has 0 aromatic carbocycles. The summed E-state index contributed by atoms with van der Waals surface area (Å²) < 4.78 is 7.11. The molecule has 0 bridgehead atoms. The average molecular weight is 281 g/mol. The Hall–Kier alpha value is -1.01. The fourth-order valence-electron chi connectivity index (χ4n) is 2.93. The molecule has 20 heavy (non-hydrogen) atoms. The Labute approximate surface area is 121 Å². The van der Waals surface area contributed by atoms with Crippen LogP contribution in [0.4, 0.5) is 0 Å². The lowest BCUT2D eigenvalue weighted by molar-refractivity contribution is 0.195. The van der Waals surface area contributed by atoms with E-state index >= 15 is 0 Å². The first-order valence-electron chi connectivity index (χ1n) is 7.72. The highest BCUT2D eigenvalue weighted by atomic mass is 16.5. The summed E-state index contributed by atoms with van der Waals surface area (Å²) in [6.07, 6.45) is 6.25. The van der Waals surface area contributed by atoms with Crippen molar-refractivity contribution in [1.29, 1.82) is 0 Å². The second-order valence-corrected chi connectivity index (χ2v) is 5.92. The van der Waals surface area contributed by atoms with E-state index in [1.54, 1.807) is 7.11 Å². The first kappa shape index (κ1) is 15.4. The molecule has 1 aliphatic rings. The number of methoxy groups -OCH3 is 1. The summed E-state index contributed by atoms with van der Waals surface area (Å²) in [6.45, 7) is 5.97. The monoisotopic (exact) mass is 281 g/mol. The zero-order valence-corrected chi connectivity index (χ0v) is 12.9. The zero-order valence-electron chi connectivity index (χ0n) is 12.9. The van der Waals surface area contributed by atoms with E-state index in [1.807, 2.05) is 4.68 Å². The van der Waals surface area contributed by atoms with Gasteiger partial charge in [-0.25, -0.2) is 4.68 Å². The van der Waals surface area contributed by atoms with Crippen LogP contribution in [0, 0.1) is 5.92 Å². The van der Waals surface area contributed by atoms with Crippen LogP contribution >= 0.6 is 0 Å². The average Bonchev–Trinajstić information content (AvgIpc) is 2.82. The van der Waals surface area contributed by atoms with Crippen molar-refractivity contribution in [3.05, 3.63) is 5.82 Å². The summed E-state index contributed by atoms with van der Waals surface area (Å²) in [7, 11) is 1.71. The largest absolute Gasteiger partial charge is 0.383 e. The number of nitrogens with zero attached hydrogens (tertiary/aromatic N) is 4. The molecule has 1 aromatic rings. The molecule has 1 aromatic heterocycles. The van der Waals surface area contributed by atoms with Crippen LogP contribution in [0.15, 0.2) is 0 Å². The molecule has 1 aliphatic carbocycles. The van der Waals surface area contributed by atoms with Gasteiger partial charge in [0.25, 0.3) is 0 Å². The van der Waals surface area contributed by atoms with E-state index in [0.717, 1.165) is 18.3 Å². The summed E-state index contributed by atoms with van der Waals surface area (Å²) in [4.78, 5) is 0. The lowest BCUT2D eigenvalue weighted by Gasteiger charge is -2.19. The Morgan fingerprint density at radius 2 is 2.20 bits per heavy atom. The molecule has 0 saturated heterocycles. The van der Waals surface area contributed by atoms with Crippen LogP contribution in [-0.2, 0) is 4.74 Å². The number of hydrogen-bond acceptors (Lipinski definition) is 5. The quantitative estimate of drug-likeness (QED) is 0.639. The molecule has 0 aliphatic heterocycles. The molecule has 0 spiro atoms. The van der Waals surface area contributed by atoms with E-state index in [2.05, 4.69) is 34.7 Å². The van der Waals surface area contributed by atoms with Crippen molar-refractivity contribution in [1.82, 2.24) is 25.5 Å². The molecule has 1 N–H and O–H groups in total. The van der Waals surface area contributed by atoms with Gasteiger partial charge in [-0.15, -0.1) is 5.10 Å². The van der Waals surface area contributed by atoms with Gasteiger partial charge in [0.2, 0.25) is 0 Å². The van der Waals surface area contributed by atoms with Crippen molar-refractivity contribution in [3.63, 3.8) is 0 Å². The van der Waals surface area contributed by atoms with Crippen LogP contribution in [0.2, 0.25) is 0 Å². The number of hydrogen-bond donors (Lipinski definition) is 1. The van der Waals surface area contributed by atoms with Gasteiger partial charge in [0.1, 0.15) is 0 Å². The maximum Gasteiger partial charge on any atom is 0.168 e. The minimum absolute atomic E-state index is 0.154. The maximum absolute atomic E-state index is 5.06. The molecule has 0 amide bonds. The Balaban J connectivity index is 1.99. The van der Waals surface area contributed by atoms with Crippen molar-refractivity contribution in [2.24, 2.45) is 5.92 Å². The second kappa shape index (κ2) is 7.69. The van der Waals surface area contributed by atoms with E-state index in [9.17, 15) is 0 Å². The molecule has 3 atom stereocenters. The van der Waals surface area contributed by atoms with Crippen LogP contribution in [0.1, 0.15) is 63.9 Å². The Morgan fingerprint density at radius 3 is 3.00 bits per heavy atom. The standard InChI is InChI=1S/C14H27N5O/c1-11-5-4-6-13(8-7-11)19-14(16-17-18-19)12(2)15-9-10-20-3/h11-13,15H,4-10H2,1-3H3. The highest BCUT2D eigenvalue weighted by Crippen LogP contribution is 2.30. The van der Waals surface area contributed by atoms with Crippen molar-refractivity contribution in [3.8, 4) is 0 Å². The van der Waals surface area contributed by atoms with Gasteiger partial charge in [0.05, 0.1) is 18.7 Å². The molecular formula is C14H27N5O. The minimum atomic E-state index is 0.154. The van der Waals surface area contributed by atoms with E-state index in [1.165, 1.54) is 32.1 Å². The van der Waals surface area contributed by atoms with Crippen LogP contribution in [0.3, 0.4) is 0 Å². The maximum atomic E-state index is 5.06. The molecule has 3 unspecified atom stereocenters. The fraction of sp³-hybridized carbons (Fsp3) is 0.929. The van der Waals surface area contributed by atoms with Crippen molar-refractivity contribution >= 4 is 0 Å².